The van der Waals surface area contributed by atoms with Gasteiger partial charge in [0.05, 0.1) is 0 Å². The van der Waals surface area contributed by atoms with Crippen LogP contribution >= 0.6 is 0 Å². The van der Waals surface area contributed by atoms with Crippen molar-refractivity contribution in [3.63, 3.8) is 0 Å². The van der Waals surface area contributed by atoms with Gasteiger partial charge in [-0.15, -0.1) is 12.3 Å². The molecule has 9 heavy (non-hydrogen) atoms. The molecule has 0 atom stereocenters. The number of nitrogens with zero attached hydrogens (tertiary/aromatic N) is 2. The minimum Gasteiger partial charge on any atom is -0.360 e. The van der Waals surface area contributed by atoms with Gasteiger partial charge in [0.2, 0.25) is 0 Å². The predicted octanol–water partition coefficient (Wildman–Crippen LogP) is 0.964. The zero-order chi connectivity index (χ0) is 7.49. The van der Waals surface area contributed by atoms with Gasteiger partial charge in [0.15, 0.2) is 0 Å². The summed E-state index contributed by atoms with van der Waals surface area (Å²) in [5, 5.41) is 8.94. The van der Waals surface area contributed by atoms with E-state index in [1.54, 1.807) is 0 Å². The third kappa shape index (κ3) is 3.35. The van der Waals surface area contributed by atoms with Gasteiger partial charge < -0.3 is 5.43 Å². The van der Waals surface area contributed by atoms with Crippen LogP contribution in [-0.2, 0) is 0 Å². The summed E-state index contributed by atoms with van der Waals surface area (Å²) in [5.41, 5.74) is 2.03. The van der Waals surface area contributed by atoms with Gasteiger partial charge in [0, 0.05) is 5.54 Å². The Morgan fingerprint density at radius 3 is 2.33 bits per heavy atom. The SMILES string of the molecule is C#CC(C)(C)[N-][N+](=O)[O-]. The van der Waals surface area contributed by atoms with E-state index in [0.717, 1.165) is 0 Å². The van der Waals surface area contributed by atoms with Gasteiger partial charge in [0.1, 0.15) is 0 Å². The van der Waals surface area contributed by atoms with Crippen LogP contribution in [0.2, 0.25) is 0 Å². The fourth-order valence-electron chi connectivity index (χ4n) is 0.233. The van der Waals surface area contributed by atoms with Crippen molar-refractivity contribution in [2.24, 2.45) is 0 Å². The molecule has 0 saturated heterocycles. The Balaban J connectivity index is 3.91. The van der Waals surface area contributed by atoms with Gasteiger partial charge in [-0.05, 0) is 5.03 Å². The van der Waals surface area contributed by atoms with Gasteiger partial charge >= 0.3 is 0 Å². The molecule has 0 aromatic rings. The summed E-state index contributed by atoms with van der Waals surface area (Å²) in [7, 11) is 0. The summed E-state index contributed by atoms with van der Waals surface area (Å²) >= 11 is 0. The van der Waals surface area contributed by atoms with Crippen LogP contribution in [0.3, 0.4) is 0 Å². The summed E-state index contributed by atoms with van der Waals surface area (Å²) in [6, 6.07) is 0. The molecule has 0 amide bonds. The molecule has 0 N–H and O–H groups in total. The Kier molecular flexibility index (Phi) is 2.03. The molecule has 0 heterocycles. The fourth-order valence-corrected chi connectivity index (χ4v) is 0.233. The lowest BCUT2D eigenvalue weighted by atomic mass is 10.1. The third-order valence-corrected chi connectivity index (χ3v) is 0.685. The first-order valence-corrected chi connectivity index (χ1v) is 2.33. The van der Waals surface area contributed by atoms with Crippen LogP contribution in [0.1, 0.15) is 13.8 Å². The minimum absolute atomic E-state index is 0.778. The van der Waals surface area contributed by atoms with Crippen molar-refractivity contribution < 1.29 is 5.03 Å². The van der Waals surface area contributed by atoms with E-state index in [9.17, 15) is 10.1 Å². The van der Waals surface area contributed by atoms with E-state index in [0.29, 0.717) is 0 Å². The van der Waals surface area contributed by atoms with E-state index in [-0.39, 0.29) is 0 Å². The second-order valence-electron chi connectivity index (χ2n) is 2.04. The largest absolute Gasteiger partial charge is 0.360 e. The predicted molar refractivity (Wildman–Crippen MR) is 33.3 cm³/mol. The molecule has 0 aliphatic rings. The highest BCUT2D eigenvalue weighted by Gasteiger charge is 2.05. The molecule has 0 rings (SSSR count). The molecule has 0 aliphatic heterocycles. The van der Waals surface area contributed by atoms with Crippen molar-refractivity contribution in [1.82, 2.24) is 0 Å². The molecular formula is C5H7N2O2-. The van der Waals surface area contributed by atoms with Gasteiger partial charge in [0.25, 0.3) is 0 Å². The molecule has 4 heteroatoms. The van der Waals surface area contributed by atoms with Crippen LogP contribution in [0.25, 0.3) is 5.43 Å². The molecule has 0 aliphatic carbocycles. The Morgan fingerprint density at radius 1 is 1.78 bits per heavy atom. The van der Waals surface area contributed by atoms with Crippen LogP contribution in [0.5, 0.6) is 0 Å². The van der Waals surface area contributed by atoms with Crippen molar-refractivity contribution in [3.8, 4) is 12.3 Å². The van der Waals surface area contributed by atoms with Crippen LogP contribution in [-0.4, -0.2) is 10.6 Å². The summed E-state index contributed by atoms with van der Waals surface area (Å²) in [4.78, 5) is 9.72. The smallest absolute Gasteiger partial charge is 0.00454 e. The highest BCUT2D eigenvalue weighted by molar-refractivity contribution is 5.15. The molecule has 0 aromatic heterocycles. The standard InChI is InChI=1S/C5H7N2O2/c1-4-5(2,3)6-7(8)9/h1H,2-3H3/q-1. The summed E-state index contributed by atoms with van der Waals surface area (Å²) in [6.45, 7) is 2.99. The number of terminal acetylenes is 1. The van der Waals surface area contributed by atoms with E-state index in [1.165, 1.54) is 13.8 Å². The Bertz CT molecular complexity index is 157. The van der Waals surface area contributed by atoms with Crippen molar-refractivity contribution in [1.29, 1.82) is 0 Å². The van der Waals surface area contributed by atoms with Gasteiger partial charge in [-0.25, -0.2) is 0 Å². The topological polar surface area (TPSA) is 57.2 Å². The second kappa shape index (κ2) is 2.35. The lowest BCUT2D eigenvalue weighted by Gasteiger charge is -2.24. The minimum atomic E-state index is -0.983. The molecule has 0 fully saturated rings. The first-order chi connectivity index (χ1) is 3.98. The Labute approximate surface area is 53.4 Å². The maximum atomic E-state index is 9.72. The average molecular weight is 127 g/mol. The van der Waals surface area contributed by atoms with E-state index < -0.39 is 10.6 Å². The molecule has 0 spiro atoms. The summed E-state index contributed by atoms with van der Waals surface area (Å²) in [5.74, 6) is 2.16. The molecule has 4 nitrogen and oxygen atoms in total. The normalized spacial score (nSPS) is 9.89. The third-order valence-electron chi connectivity index (χ3n) is 0.685. The van der Waals surface area contributed by atoms with Gasteiger partial charge in [-0.3, -0.25) is 10.1 Å². The maximum Gasteiger partial charge on any atom is 0.00454 e. The first-order valence-electron chi connectivity index (χ1n) is 2.33. The van der Waals surface area contributed by atoms with Crippen molar-refractivity contribution in [3.05, 3.63) is 15.5 Å². The number of hydrogen-bond donors (Lipinski definition) is 0. The monoisotopic (exact) mass is 127 g/mol. The molecule has 0 saturated carbocycles. The van der Waals surface area contributed by atoms with Gasteiger partial charge in [-0.2, -0.15) is 0 Å². The van der Waals surface area contributed by atoms with Crippen LogP contribution in [0.15, 0.2) is 0 Å². The molecule has 0 aromatic carbocycles. The van der Waals surface area contributed by atoms with Crippen LogP contribution in [0, 0.1) is 22.5 Å². The average Bonchev–Trinajstić information content (AvgIpc) is 1.63. The van der Waals surface area contributed by atoms with Crippen molar-refractivity contribution >= 4 is 0 Å². The molecule has 50 valence electrons. The summed E-state index contributed by atoms with van der Waals surface area (Å²) < 4.78 is 0. The Hall–Kier alpha value is -1.24. The maximum absolute atomic E-state index is 9.72. The second-order valence-corrected chi connectivity index (χ2v) is 2.04. The fraction of sp³-hybridized carbons (Fsp3) is 0.600. The van der Waals surface area contributed by atoms with E-state index >= 15 is 0 Å². The van der Waals surface area contributed by atoms with E-state index in [4.69, 9.17) is 6.42 Å². The number of rotatable bonds is 2. The van der Waals surface area contributed by atoms with E-state index in [2.05, 4.69) is 11.3 Å². The Morgan fingerprint density at radius 2 is 2.22 bits per heavy atom. The molecule has 0 unspecified atom stereocenters. The number of nitro groups is 1. The lowest BCUT2D eigenvalue weighted by Crippen LogP contribution is -2.18. The highest BCUT2D eigenvalue weighted by atomic mass is 16.7. The zero-order valence-electron chi connectivity index (χ0n) is 5.29. The first kappa shape index (κ1) is 7.76. The quantitative estimate of drug-likeness (QED) is 0.315. The summed E-state index contributed by atoms with van der Waals surface area (Å²) in [6.07, 6.45) is 4.91. The molecule has 0 bridgehead atoms. The number of hydrogen-bond acceptors (Lipinski definition) is 2. The molecular weight excluding hydrogens is 120 g/mol. The molecule has 0 radical (unpaired) electrons. The van der Waals surface area contributed by atoms with Crippen LogP contribution < -0.4 is 0 Å². The van der Waals surface area contributed by atoms with Crippen LogP contribution in [0.4, 0.5) is 0 Å². The van der Waals surface area contributed by atoms with Crippen molar-refractivity contribution in [2.45, 2.75) is 19.4 Å². The zero-order valence-corrected chi connectivity index (χ0v) is 5.29. The van der Waals surface area contributed by atoms with Crippen molar-refractivity contribution in [2.75, 3.05) is 0 Å². The van der Waals surface area contributed by atoms with Gasteiger partial charge in [-0.1, -0.05) is 13.8 Å². The highest BCUT2D eigenvalue weighted by Crippen LogP contribution is 2.12. The van der Waals surface area contributed by atoms with E-state index in [1.807, 2.05) is 0 Å². The lowest BCUT2D eigenvalue weighted by molar-refractivity contribution is -0.433.